The highest BCUT2D eigenvalue weighted by molar-refractivity contribution is 7.85. The van der Waals surface area contributed by atoms with Crippen molar-refractivity contribution in [2.75, 3.05) is 0 Å². The molecule has 0 aliphatic carbocycles. The number of hydrogen-bond donors (Lipinski definition) is 1. The van der Waals surface area contributed by atoms with Crippen LogP contribution in [0.1, 0.15) is 18.7 Å². The molecule has 0 saturated heterocycles. The van der Waals surface area contributed by atoms with Gasteiger partial charge in [-0.15, -0.1) is 0 Å². The lowest BCUT2D eigenvalue weighted by molar-refractivity contribution is -0.702. The van der Waals surface area contributed by atoms with Crippen molar-refractivity contribution in [2.45, 2.75) is 18.7 Å². The minimum Gasteiger partial charge on any atom is -0.280 e. The maximum atomic E-state index is 11.3. The first-order valence-corrected chi connectivity index (χ1v) is 7.55. The number of rotatable bonds is 4. The lowest BCUT2D eigenvalue weighted by Gasteiger charge is -2.07. The standard InChI is InChI=1S/C14H15NO3S/c1-2-14(19(16,17)18)15-10-8-13(9-11-15)12-6-4-3-5-7-12/h3-11,14H,2H2,1H3/p+1. The summed E-state index contributed by atoms with van der Waals surface area (Å²) in [5, 5.41) is -0.933. The fourth-order valence-corrected chi connectivity index (χ4v) is 2.90. The summed E-state index contributed by atoms with van der Waals surface area (Å²) in [6, 6.07) is 13.5. The Balaban J connectivity index is 2.34. The SMILES string of the molecule is CCC([n+]1ccc(-c2ccccc2)cc1)S(=O)(=O)O. The molecule has 0 spiro atoms. The van der Waals surface area contributed by atoms with Crippen molar-refractivity contribution < 1.29 is 17.5 Å². The summed E-state index contributed by atoms with van der Waals surface area (Å²) < 4.78 is 33.2. The van der Waals surface area contributed by atoms with Crippen LogP contribution < -0.4 is 4.57 Å². The second-order valence-electron chi connectivity index (χ2n) is 4.28. The monoisotopic (exact) mass is 278 g/mol. The third-order valence-corrected chi connectivity index (χ3v) is 4.25. The van der Waals surface area contributed by atoms with Gasteiger partial charge < -0.3 is 0 Å². The average Bonchev–Trinajstić information content (AvgIpc) is 2.40. The highest BCUT2D eigenvalue weighted by Crippen LogP contribution is 2.18. The number of pyridine rings is 1. The van der Waals surface area contributed by atoms with E-state index >= 15 is 0 Å². The summed E-state index contributed by atoms with van der Waals surface area (Å²) >= 11 is 0. The van der Waals surface area contributed by atoms with E-state index in [1.54, 1.807) is 19.3 Å². The van der Waals surface area contributed by atoms with Crippen LogP contribution in [0, 0.1) is 0 Å². The molecule has 2 rings (SSSR count). The number of aromatic nitrogens is 1. The van der Waals surface area contributed by atoms with E-state index in [1.807, 2.05) is 42.5 Å². The van der Waals surface area contributed by atoms with Gasteiger partial charge in [-0.3, -0.25) is 4.55 Å². The molecule has 5 heteroatoms. The molecule has 1 aromatic heterocycles. The van der Waals surface area contributed by atoms with E-state index in [4.69, 9.17) is 4.55 Å². The zero-order valence-electron chi connectivity index (χ0n) is 10.6. The van der Waals surface area contributed by atoms with Crippen LogP contribution in [-0.2, 0) is 10.1 Å². The minimum atomic E-state index is -4.08. The van der Waals surface area contributed by atoms with Crippen LogP contribution in [0.25, 0.3) is 11.1 Å². The quantitative estimate of drug-likeness (QED) is 0.690. The second-order valence-corrected chi connectivity index (χ2v) is 5.85. The van der Waals surface area contributed by atoms with Gasteiger partial charge in [0.15, 0.2) is 12.4 Å². The molecule has 1 aromatic carbocycles. The van der Waals surface area contributed by atoms with Crippen LogP contribution in [0.5, 0.6) is 0 Å². The third kappa shape index (κ3) is 3.19. The Bertz CT molecular complexity index is 636. The van der Waals surface area contributed by atoms with Gasteiger partial charge in [-0.05, 0) is 11.1 Å². The highest BCUT2D eigenvalue weighted by Gasteiger charge is 2.29. The predicted molar refractivity (Wildman–Crippen MR) is 72.9 cm³/mol. The maximum Gasteiger partial charge on any atom is 0.329 e. The molecule has 0 aliphatic heterocycles. The van der Waals surface area contributed by atoms with Crippen LogP contribution in [-0.4, -0.2) is 13.0 Å². The summed E-state index contributed by atoms with van der Waals surface area (Å²) in [6.07, 6.45) is 3.66. The molecule has 2 aromatic rings. The van der Waals surface area contributed by atoms with Crippen LogP contribution in [0.3, 0.4) is 0 Å². The van der Waals surface area contributed by atoms with Gasteiger partial charge in [0.25, 0.3) is 5.37 Å². The van der Waals surface area contributed by atoms with E-state index in [0.29, 0.717) is 6.42 Å². The van der Waals surface area contributed by atoms with E-state index in [1.165, 1.54) is 4.57 Å². The van der Waals surface area contributed by atoms with Crippen LogP contribution >= 0.6 is 0 Å². The van der Waals surface area contributed by atoms with Gasteiger partial charge in [0, 0.05) is 18.6 Å². The van der Waals surface area contributed by atoms with Gasteiger partial charge in [0.2, 0.25) is 0 Å². The molecule has 0 bridgehead atoms. The fraction of sp³-hybridized carbons (Fsp3) is 0.214. The predicted octanol–water partition coefficient (Wildman–Crippen LogP) is 2.44. The smallest absolute Gasteiger partial charge is 0.280 e. The summed E-state index contributed by atoms with van der Waals surface area (Å²) in [4.78, 5) is 0. The molecule has 4 nitrogen and oxygen atoms in total. The lowest BCUT2D eigenvalue weighted by Crippen LogP contribution is -2.42. The highest BCUT2D eigenvalue weighted by atomic mass is 32.2. The van der Waals surface area contributed by atoms with Crippen molar-refractivity contribution in [1.29, 1.82) is 0 Å². The van der Waals surface area contributed by atoms with Crippen molar-refractivity contribution >= 4 is 10.1 Å². The normalized spacial score (nSPS) is 13.2. The van der Waals surface area contributed by atoms with E-state index in [9.17, 15) is 8.42 Å². The van der Waals surface area contributed by atoms with Crippen LogP contribution in [0.4, 0.5) is 0 Å². The second kappa shape index (κ2) is 5.50. The zero-order chi connectivity index (χ0) is 13.9. The van der Waals surface area contributed by atoms with Crippen molar-refractivity contribution in [3.05, 3.63) is 54.9 Å². The van der Waals surface area contributed by atoms with Crippen molar-refractivity contribution in [3.8, 4) is 11.1 Å². The molecular formula is C14H16NO3S+. The molecule has 100 valence electrons. The van der Waals surface area contributed by atoms with E-state index < -0.39 is 15.5 Å². The Labute approximate surface area is 113 Å². The molecule has 1 heterocycles. The summed E-state index contributed by atoms with van der Waals surface area (Å²) in [5.41, 5.74) is 2.07. The Hall–Kier alpha value is -1.72. The van der Waals surface area contributed by atoms with Gasteiger partial charge in [-0.1, -0.05) is 37.3 Å². The van der Waals surface area contributed by atoms with Crippen molar-refractivity contribution in [2.24, 2.45) is 0 Å². The topological polar surface area (TPSA) is 58.2 Å². The summed E-state index contributed by atoms with van der Waals surface area (Å²) in [7, 11) is -4.08. The number of nitrogens with zero attached hydrogens (tertiary/aromatic N) is 1. The first-order valence-electron chi connectivity index (χ1n) is 6.05. The van der Waals surface area contributed by atoms with Crippen LogP contribution in [0.2, 0.25) is 0 Å². The maximum absolute atomic E-state index is 11.3. The Kier molecular flexibility index (Phi) is 3.97. The summed E-state index contributed by atoms with van der Waals surface area (Å²) in [6.45, 7) is 1.72. The van der Waals surface area contributed by atoms with Gasteiger partial charge in [-0.2, -0.15) is 13.0 Å². The summed E-state index contributed by atoms with van der Waals surface area (Å²) in [5.74, 6) is 0. The Morgan fingerprint density at radius 3 is 2.05 bits per heavy atom. The third-order valence-electron chi connectivity index (χ3n) is 2.99. The van der Waals surface area contributed by atoms with Gasteiger partial charge >= 0.3 is 10.1 Å². The first-order chi connectivity index (χ1) is 9.02. The molecule has 0 fully saturated rings. The Morgan fingerprint density at radius 2 is 1.58 bits per heavy atom. The molecule has 1 N–H and O–H groups in total. The molecular weight excluding hydrogens is 262 g/mol. The number of hydrogen-bond acceptors (Lipinski definition) is 2. The van der Waals surface area contributed by atoms with Crippen molar-refractivity contribution in [3.63, 3.8) is 0 Å². The molecule has 1 atom stereocenters. The van der Waals surface area contributed by atoms with E-state index in [0.717, 1.165) is 11.1 Å². The zero-order valence-corrected chi connectivity index (χ0v) is 11.4. The lowest BCUT2D eigenvalue weighted by atomic mass is 10.1. The van der Waals surface area contributed by atoms with Crippen LogP contribution in [0.15, 0.2) is 54.9 Å². The van der Waals surface area contributed by atoms with E-state index in [-0.39, 0.29) is 0 Å². The molecule has 0 amide bonds. The molecule has 19 heavy (non-hydrogen) atoms. The van der Waals surface area contributed by atoms with Gasteiger partial charge in [0.1, 0.15) is 0 Å². The molecule has 0 saturated carbocycles. The van der Waals surface area contributed by atoms with Gasteiger partial charge in [0.05, 0.1) is 0 Å². The largest absolute Gasteiger partial charge is 0.329 e. The average molecular weight is 278 g/mol. The Morgan fingerprint density at radius 1 is 1.05 bits per heavy atom. The molecule has 0 radical (unpaired) electrons. The van der Waals surface area contributed by atoms with Crippen molar-refractivity contribution in [1.82, 2.24) is 0 Å². The molecule has 1 unspecified atom stereocenters. The first kappa shape index (κ1) is 13.7. The van der Waals surface area contributed by atoms with E-state index in [2.05, 4.69) is 0 Å². The molecule has 0 aliphatic rings. The minimum absolute atomic E-state index is 0.314. The number of benzene rings is 1. The van der Waals surface area contributed by atoms with Gasteiger partial charge in [-0.25, -0.2) is 0 Å². The fourth-order valence-electron chi connectivity index (χ4n) is 2.03.